The van der Waals surface area contributed by atoms with Crippen LogP contribution in [-0.2, 0) is 23.7 Å². The summed E-state index contributed by atoms with van der Waals surface area (Å²) in [5.74, 6) is 5.44. The molecule has 2 aromatic rings. The Hall–Kier alpha value is -3.83. The number of carbonyl (C=O) groups is 3. The highest BCUT2D eigenvalue weighted by Crippen LogP contribution is 2.29. The molecule has 0 aromatic heterocycles. The van der Waals surface area contributed by atoms with Gasteiger partial charge < -0.3 is 23.7 Å². The normalized spacial score (nSPS) is 23.0. The van der Waals surface area contributed by atoms with Crippen LogP contribution in [0.4, 0.5) is 0 Å². The third-order valence-corrected chi connectivity index (χ3v) is 5.88. The molecule has 1 aliphatic carbocycles. The Morgan fingerprint density at radius 2 is 1.67 bits per heavy atom. The van der Waals surface area contributed by atoms with E-state index in [1.807, 2.05) is 6.07 Å². The van der Waals surface area contributed by atoms with Crippen molar-refractivity contribution in [1.82, 2.24) is 0 Å². The quantitative estimate of drug-likeness (QED) is 0.340. The van der Waals surface area contributed by atoms with E-state index in [9.17, 15) is 14.4 Å². The van der Waals surface area contributed by atoms with Gasteiger partial charge in [0.05, 0.1) is 30.8 Å². The van der Waals surface area contributed by atoms with Gasteiger partial charge in [0.2, 0.25) is 6.29 Å². The van der Waals surface area contributed by atoms with Gasteiger partial charge in [0.1, 0.15) is 11.9 Å². The summed E-state index contributed by atoms with van der Waals surface area (Å²) in [7, 11) is 1.53. The molecular weight excluding hydrogens is 464 g/mol. The van der Waals surface area contributed by atoms with Crippen LogP contribution in [-0.4, -0.2) is 49.6 Å². The molecule has 8 nitrogen and oxygen atoms in total. The second-order valence-corrected chi connectivity index (χ2v) is 8.75. The largest absolute Gasteiger partial charge is 0.497 e. The average molecular weight is 493 g/mol. The van der Waals surface area contributed by atoms with Gasteiger partial charge in [-0.2, -0.15) is 0 Å². The van der Waals surface area contributed by atoms with Gasteiger partial charge in [0, 0.05) is 18.4 Å². The lowest BCUT2D eigenvalue weighted by atomic mass is 10.0. The molecule has 2 aliphatic rings. The fourth-order valence-electron chi connectivity index (χ4n) is 3.85. The zero-order valence-electron chi connectivity index (χ0n) is 20.4. The van der Waals surface area contributed by atoms with Crippen LogP contribution in [0, 0.1) is 17.8 Å². The van der Waals surface area contributed by atoms with E-state index in [1.54, 1.807) is 49.4 Å². The number of methoxy groups -OCH3 is 1. The highest BCUT2D eigenvalue weighted by atomic mass is 16.7. The molecule has 1 saturated heterocycles. The van der Waals surface area contributed by atoms with Crippen LogP contribution in [0.3, 0.4) is 0 Å². The molecule has 2 fully saturated rings. The maximum Gasteiger partial charge on any atom is 0.341 e. The molecule has 1 aliphatic heterocycles. The number of carbonyl (C=O) groups excluding carboxylic acids is 3. The van der Waals surface area contributed by atoms with E-state index in [4.69, 9.17) is 23.7 Å². The summed E-state index contributed by atoms with van der Waals surface area (Å²) in [6.07, 6.45) is -1.32. The molecule has 1 saturated carbocycles. The summed E-state index contributed by atoms with van der Waals surface area (Å²) in [5, 5.41) is 0. The zero-order valence-corrected chi connectivity index (χ0v) is 20.4. The predicted molar refractivity (Wildman–Crippen MR) is 128 cm³/mol. The van der Waals surface area contributed by atoms with Crippen molar-refractivity contribution in [3.05, 3.63) is 65.2 Å². The highest BCUT2D eigenvalue weighted by Gasteiger charge is 2.43. The molecule has 0 unspecified atom stereocenters. The van der Waals surface area contributed by atoms with Crippen LogP contribution >= 0.6 is 0 Å². The van der Waals surface area contributed by atoms with Gasteiger partial charge in [-0.05, 0) is 56.2 Å². The van der Waals surface area contributed by atoms with Crippen molar-refractivity contribution in [3.63, 3.8) is 0 Å². The van der Waals surface area contributed by atoms with Crippen molar-refractivity contribution in [3.8, 4) is 17.6 Å². The number of hydrogen-bond acceptors (Lipinski definition) is 8. The van der Waals surface area contributed by atoms with Crippen molar-refractivity contribution in [2.24, 2.45) is 5.92 Å². The third kappa shape index (κ3) is 6.43. The molecule has 8 heteroatoms. The molecular formula is C28H28O8. The monoisotopic (exact) mass is 492 g/mol. The van der Waals surface area contributed by atoms with Crippen LogP contribution in [0.25, 0.3) is 0 Å². The lowest BCUT2D eigenvalue weighted by molar-refractivity contribution is -0.235. The van der Waals surface area contributed by atoms with E-state index in [0.717, 1.165) is 12.8 Å². The van der Waals surface area contributed by atoms with Crippen LogP contribution in [0.15, 0.2) is 48.5 Å². The topological polar surface area (TPSA) is 97.4 Å². The van der Waals surface area contributed by atoms with E-state index >= 15 is 0 Å². The molecule has 188 valence electrons. The van der Waals surface area contributed by atoms with Gasteiger partial charge in [0.15, 0.2) is 6.10 Å². The smallest absolute Gasteiger partial charge is 0.341 e. The Bertz CT molecular complexity index is 1170. The minimum Gasteiger partial charge on any atom is -0.497 e. The Labute approximate surface area is 209 Å². The summed E-state index contributed by atoms with van der Waals surface area (Å²) < 4.78 is 27.7. The van der Waals surface area contributed by atoms with Crippen LogP contribution in [0.5, 0.6) is 5.75 Å². The summed E-state index contributed by atoms with van der Waals surface area (Å²) in [6, 6.07) is 13.4. The fourth-order valence-corrected chi connectivity index (χ4v) is 3.85. The molecule has 2 aromatic carbocycles. The molecule has 1 heterocycles. The highest BCUT2D eigenvalue weighted by molar-refractivity contribution is 5.92. The maximum absolute atomic E-state index is 13.0. The van der Waals surface area contributed by atoms with Crippen LogP contribution in [0.1, 0.15) is 59.4 Å². The summed E-state index contributed by atoms with van der Waals surface area (Å²) in [4.78, 5) is 37.5. The summed E-state index contributed by atoms with van der Waals surface area (Å²) in [5.41, 5.74) is 1.21. The maximum atomic E-state index is 13.0. The second kappa shape index (κ2) is 11.3. The van der Waals surface area contributed by atoms with Crippen molar-refractivity contribution in [1.29, 1.82) is 0 Å². The van der Waals surface area contributed by atoms with Gasteiger partial charge in [0.25, 0.3) is 0 Å². The first kappa shape index (κ1) is 25.3. The van der Waals surface area contributed by atoms with Crippen LogP contribution in [0.2, 0.25) is 0 Å². The SMILES string of the molecule is COc1ccc(C(=O)O[C@H]2C[C@H](OC(=O)c3ccccc3C#CC3CC3)O[C@H](C)[C@H]2OC(C)=O)cc1. The summed E-state index contributed by atoms with van der Waals surface area (Å²) >= 11 is 0. The second-order valence-electron chi connectivity index (χ2n) is 8.75. The number of rotatable bonds is 6. The number of hydrogen-bond donors (Lipinski definition) is 0. The van der Waals surface area contributed by atoms with E-state index in [-0.39, 0.29) is 6.42 Å². The Morgan fingerprint density at radius 1 is 0.944 bits per heavy atom. The molecule has 0 amide bonds. The average Bonchev–Trinajstić information content (AvgIpc) is 3.69. The van der Waals surface area contributed by atoms with Crippen LogP contribution < -0.4 is 4.74 Å². The molecule has 0 radical (unpaired) electrons. The standard InChI is InChI=1S/C28H28O8/c1-17-26(34-18(2)29)24(35-27(30)21-12-14-22(32-3)15-13-21)16-25(33-17)36-28(31)23-7-5-4-6-20(23)11-10-19-8-9-19/h4-7,12-15,17,19,24-26H,8-9,16H2,1-3H3/t17-,24+,25+,26-/m1/s1. The predicted octanol–water partition coefficient (Wildman–Crippen LogP) is 3.91. The van der Waals surface area contributed by atoms with Crippen molar-refractivity contribution in [2.45, 2.75) is 57.7 Å². The molecule has 4 rings (SSSR count). The lowest BCUT2D eigenvalue weighted by Crippen LogP contribution is -2.51. The Balaban J connectivity index is 1.48. The fraction of sp³-hybridized carbons (Fsp3) is 0.393. The first-order valence-corrected chi connectivity index (χ1v) is 11.8. The van der Waals surface area contributed by atoms with Crippen molar-refractivity contribution < 1.29 is 38.1 Å². The number of benzene rings is 2. The zero-order chi connectivity index (χ0) is 25.7. The first-order chi connectivity index (χ1) is 17.3. The van der Waals surface area contributed by atoms with Gasteiger partial charge in [-0.1, -0.05) is 24.0 Å². The minimum atomic E-state index is -1.02. The van der Waals surface area contributed by atoms with E-state index in [0.29, 0.717) is 28.4 Å². The van der Waals surface area contributed by atoms with E-state index in [1.165, 1.54) is 14.0 Å². The molecule has 0 bridgehead atoms. The van der Waals surface area contributed by atoms with Crippen molar-refractivity contribution >= 4 is 17.9 Å². The van der Waals surface area contributed by atoms with Gasteiger partial charge in [-0.25, -0.2) is 9.59 Å². The lowest BCUT2D eigenvalue weighted by Gasteiger charge is -2.38. The minimum absolute atomic E-state index is 0.00809. The number of esters is 3. The number of ether oxygens (including phenoxy) is 5. The Morgan fingerprint density at radius 3 is 2.33 bits per heavy atom. The van der Waals surface area contributed by atoms with E-state index in [2.05, 4.69) is 11.8 Å². The molecule has 36 heavy (non-hydrogen) atoms. The van der Waals surface area contributed by atoms with Crippen molar-refractivity contribution in [2.75, 3.05) is 7.11 Å². The first-order valence-electron chi connectivity index (χ1n) is 11.8. The van der Waals surface area contributed by atoms with E-state index < -0.39 is 42.5 Å². The molecule has 0 spiro atoms. The molecule has 4 atom stereocenters. The van der Waals surface area contributed by atoms with Gasteiger partial charge in [-0.3, -0.25) is 4.79 Å². The van der Waals surface area contributed by atoms with Gasteiger partial charge in [-0.15, -0.1) is 0 Å². The summed E-state index contributed by atoms with van der Waals surface area (Å²) in [6.45, 7) is 2.93. The third-order valence-electron chi connectivity index (χ3n) is 5.88. The Kier molecular flexibility index (Phi) is 7.91. The molecule has 0 N–H and O–H groups in total. The van der Waals surface area contributed by atoms with Gasteiger partial charge >= 0.3 is 17.9 Å².